The summed E-state index contributed by atoms with van der Waals surface area (Å²) in [6, 6.07) is 29.4. The zero-order valence-electron chi connectivity index (χ0n) is 16.9. The van der Waals surface area contributed by atoms with E-state index < -0.39 is 0 Å². The van der Waals surface area contributed by atoms with Gasteiger partial charge in [0.25, 0.3) is 0 Å². The van der Waals surface area contributed by atoms with Gasteiger partial charge in [-0.25, -0.2) is 4.98 Å². The van der Waals surface area contributed by atoms with E-state index in [0.29, 0.717) is 0 Å². The fourth-order valence-electron chi connectivity index (χ4n) is 4.48. The molecular formula is C27H20ClN3. The third-order valence-corrected chi connectivity index (χ3v) is 6.17. The topological polar surface area (TPSA) is 22.2 Å². The number of hydrogen-bond donors (Lipinski definition) is 0. The molecule has 4 heteroatoms. The molecule has 3 aromatic heterocycles. The second-order valence-corrected chi connectivity index (χ2v) is 8.38. The molecule has 0 saturated carbocycles. The Kier molecular flexibility index (Phi) is 4.29. The number of benzene rings is 3. The van der Waals surface area contributed by atoms with E-state index >= 15 is 0 Å². The van der Waals surface area contributed by atoms with Crippen LogP contribution in [0, 0.1) is 0 Å². The van der Waals surface area contributed by atoms with E-state index in [0.717, 1.165) is 23.6 Å². The summed E-state index contributed by atoms with van der Waals surface area (Å²) in [5.41, 5.74) is 7.04. The Hall–Kier alpha value is -3.56. The van der Waals surface area contributed by atoms with Crippen molar-refractivity contribution in [2.75, 3.05) is 0 Å². The van der Waals surface area contributed by atoms with Gasteiger partial charge in [-0.15, -0.1) is 0 Å². The van der Waals surface area contributed by atoms with Gasteiger partial charge in [0.05, 0.1) is 5.52 Å². The molecule has 31 heavy (non-hydrogen) atoms. The van der Waals surface area contributed by atoms with Crippen LogP contribution >= 0.6 is 11.6 Å². The van der Waals surface area contributed by atoms with Gasteiger partial charge >= 0.3 is 0 Å². The lowest BCUT2D eigenvalue weighted by Gasteiger charge is -2.09. The highest BCUT2D eigenvalue weighted by atomic mass is 35.5. The fraction of sp³-hybridized carbons (Fsp3) is 0.0741. The van der Waals surface area contributed by atoms with Crippen LogP contribution in [0.4, 0.5) is 0 Å². The minimum absolute atomic E-state index is 0.763. The summed E-state index contributed by atoms with van der Waals surface area (Å²) in [5.74, 6) is 0. The first-order chi connectivity index (χ1) is 15.3. The predicted octanol–water partition coefficient (Wildman–Crippen LogP) is 6.73. The van der Waals surface area contributed by atoms with Crippen LogP contribution in [0.1, 0.15) is 16.8 Å². The lowest BCUT2D eigenvalue weighted by Crippen LogP contribution is -2.01. The normalized spacial score (nSPS) is 11.6. The summed E-state index contributed by atoms with van der Waals surface area (Å²) in [5, 5.41) is 3.23. The van der Waals surface area contributed by atoms with Crippen molar-refractivity contribution >= 4 is 39.1 Å². The van der Waals surface area contributed by atoms with Crippen molar-refractivity contribution in [3.05, 3.63) is 119 Å². The Morgan fingerprint density at radius 3 is 2.42 bits per heavy atom. The maximum absolute atomic E-state index is 6.26. The number of para-hydroxylation sites is 1. The van der Waals surface area contributed by atoms with Crippen LogP contribution in [0.3, 0.4) is 0 Å². The molecule has 3 heterocycles. The highest BCUT2D eigenvalue weighted by Crippen LogP contribution is 2.31. The SMILES string of the molecule is Clc1cccc(Cn2c3ccccc3c3cc4ncc(Cc5ccccc5)n4cc32)c1. The summed E-state index contributed by atoms with van der Waals surface area (Å²) in [6.07, 6.45) is 5.08. The van der Waals surface area contributed by atoms with E-state index in [1.807, 2.05) is 24.4 Å². The van der Waals surface area contributed by atoms with Crippen LogP contribution in [-0.4, -0.2) is 14.0 Å². The molecule has 0 spiro atoms. The monoisotopic (exact) mass is 421 g/mol. The maximum atomic E-state index is 6.26. The first-order valence-corrected chi connectivity index (χ1v) is 10.8. The van der Waals surface area contributed by atoms with Crippen LogP contribution in [0.2, 0.25) is 5.02 Å². The predicted molar refractivity (Wildman–Crippen MR) is 128 cm³/mol. The van der Waals surface area contributed by atoms with Crippen LogP contribution in [0.25, 0.3) is 27.5 Å². The first kappa shape index (κ1) is 18.2. The molecule has 3 nitrogen and oxygen atoms in total. The lowest BCUT2D eigenvalue weighted by atomic mass is 10.1. The molecule has 0 aliphatic heterocycles. The molecule has 0 unspecified atom stereocenters. The molecule has 0 atom stereocenters. The standard InChI is InChI=1S/C27H20ClN3/c28-21-10-6-9-20(13-21)17-31-25-12-5-4-11-23(25)24-15-27-29-16-22(30(27)18-26(24)31)14-19-7-2-1-3-8-19/h1-13,15-16,18H,14,17H2. The Labute approximate surface area is 185 Å². The van der Waals surface area contributed by atoms with Crippen molar-refractivity contribution in [2.24, 2.45) is 0 Å². The molecule has 0 radical (unpaired) electrons. The van der Waals surface area contributed by atoms with Gasteiger partial charge in [-0.05, 0) is 35.4 Å². The van der Waals surface area contributed by atoms with Gasteiger partial charge in [0.15, 0.2) is 0 Å². The number of pyridine rings is 1. The van der Waals surface area contributed by atoms with Crippen molar-refractivity contribution < 1.29 is 0 Å². The van der Waals surface area contributed by atoms with E-state index in [-0.39, 0.29) is 0 Å². The number of rotatable bonds is 4. The van der Waals surface area contributed by atoms with Gasteiger partial charge in [0.2, 0.25) is 0 Å². The summed E-state index contributed by atoms with van der Waals surface area (Å²) in [6.45, 7) is 0.763. The van der Waals surface area contributed by atoms with Crippen molar-refractivity contribution in [1.29, 1.82) is 0 Å². The molecule has 0 aliphatic carbocycles. The first-order valence-electron chi connectivity index (χ1n) is 10.4. The second kappa shape index (κ2) is 7.29. The van der Waals surface area contributed by atoms with E-state index in [1.54, 1.807) is 0 Å². The average molecular weight is 422 g/mol. The number of nitrogens with zero attached hydrogens (tertiary/aromatic N) is 3. The largest absolute Gasteiger partial charge is 0.335 e. The van der Waals surface area contributed by atoms with Gasteiger partial charge in [0.1, 0.15) is 5.65 Å². The number of hydrogen-bond acceptors (Lipinski definition) is 1. The second-order valence-electron chi connectivity index (χ2n) is 7.95. The van der Waals surface area contributed by atoms with Crippen molar-refractivity contribution in [2.45, 2.75) is 13.0 Å². The summed E-state index contributed by atoms with van der Waals surface area (Å²) < 4.78 is 4.60. The summed E-state index contributed by atoms with van der Waals surface area (Å²) >= 11 is 6.26. The van der Waals surface area contributed by atoms with Gasteiger partial charge < -0.3 is 8.97 Å². The van der Waals surface area contributed by atoms with E-state index in [1.165, 1.54) is 38.6 Å². The van der Waals surface area contributed by atoms with E-state index in [2.05, 4.69) is 81.9 Å². The zero-order valence-corrected chi connectivity index (χ0v) is 17.6. The Morgan fingerprint density at radius 1 is 0.742 bits per heavy atom. The third-order valence-electron chi connectivity index (χ3n) is 5.94. The molecule has 150 valence electrons. The van der Waals surface area contributed by atoms with Crippen molar-refractivity contribution in [3.8, 4) is 0 Å². The molecule has 6 rings (SSSR count). The van der Waals surface area contributed by atoms with Crippen molar-refractivity contribution in [1.82, 2.24) is 14.0 Å². The Bertz CT molecular complexity index is 1540. The molecule has 0 saturated heterocycles. The van der Waals surface area contributed by atoms with E-state index in [9.17, 15) is 0 Å². The number of aromatic nitrogens is 3. The average Bonchev–Trinajstić information content (AvgIpc) is 3.32. The van der Waals surface area contributed by atoms with Gasteiger partial charge in [-0.3, -0.25) is 0 Å². The highest BCUT2D eigenvalue weighted by Gasteiger charge is 2.14. The molecule has 0 fully saturated rings. The van der Waals surface area contributed by atoms with Crippen LogP contribution in [0.5, 0.6) is 0 Å². The molecule has 0 bridgehead atoms. The molecule has 0 aliphatic rings. The zero-order chi connectivity index (χ0) is 20.8. The van der Waals surface area contributed by atoms with E-state index in [4.69, 9.17) is 16.6 Å². The number of fused-ring (bicyclic) bond motifs is 4. The molecular weight excluding hydrogens is 402 g/mol. The Balaban J connectivity index is 1.56. The maximum Gasteiger partial charge on any atom is 0.137 e. The van der Waals surface area contributed by atoms with Crippen molar-refractivity contribution in [3.63, 3.8) is 0 Å². The molecule has 6 aromatic rings. The smallest absolute Gasteiger partial charge is 0.137 e. The van der Waals surface area contributed by atoms with Crippen LogP contribution < -0.4 is 0 Å². The van der Waals surface area contributed by atoms with Gasteiger partial charge in [0, 0.05) is 52.4 Å². The number of imidazole rings is 1. The lowest BCUT2D eigenvalue weighted by molar-refractivity contribution is 0.864. The van der Waals surface area contributed by atoms with Crippen LogP contribution in [-0.2, 0) is 13.0 Å². The quantitative estimate of drug-likeness (QED) is 0.309. The molecule has 0 N–H and O–H groups in total. The molecule has 0 amide bonds. The highest BCUT2D eigenvalue weighted by molar-refractivity contribution is 6.30. The number of halogens is 1. The molecule has 3 aromatic carbocycles. The fourth-order valence-corrected chi connectivity index (χ4v) is 4.70. The minimum atomic E-state index is 0.763. The minimum Gasteiger partial charge on any atom is -0.335 e. The third kappa shape index (κ3) is 3.18. The summed E-state index contributed by atoms with van der Waals surface area (Å²) in [4.78, 5) is 4.71. The van der Waals surface area contributed by atoms with Crippen LogP contribution in [0.15, 0.2) is 97.3 Å². The van der Waals surface area contributed by atoms with Gasteiger partial charge in [-0.2, -0.15) is 0 Å². The summed E-state index contributed by atoms with van der Waals surface area (Å²) in [7, 11) is 0. The Morgan fingerprint density at radius 2 is 1.55 bits per heavy atom. The van der Waals surface area contributed by atoms with Gasteiger partial charge in [-0.1, -0.05) is 72.3 Å².